The molecule has 6 nitrogen and oxygen atoms in total. The van der Waals surface area contributed by atoms with Crippen molar-refractivity contribution in [2.45, 2.75) is 61.0 Å². The van der Waals surface area contributed by atoms with Crippen LogP contribution in [0.5, 0.6) is 0 Å². The van der Waals surface area contributed by atoms with Crippen LogP contribution in [0.2, 0.25) is 0 Å². The summed E-state index contributed by atoms with van der Waals surface area (Å²) in [6.07, 6.45) is 6.98. The van der Waals surface area contributed by atoms with E-state index in [0.29, 0.717) is 12.1 Å². The number of thioether (sulfide) groups is 1. The van der Waals surface area contributed by atoms with Crippen LogP contribution in [0.15, 0.2) is 35.5 Å². The number of hydrogen-bond acceptors (Lipinski definition) is 5. The van der Waals surface area contributed by atoms with Crippen LogP contribution in [0.1, 0.15) is 55.4 Å². The van der Waals surface area contributed by atoms with E-state index < -0.39 is 0 Å². The van der Waals surface area contributed by atoms with Gasteiger partial charge in [0.25, 0.3) is 0 Å². The number of amides is 1. The number of rotatable bonds is 7. The quantitative estimate of drug-likeness (QED) is 0.743. The minimum atomic E-state index is -0.292. The van der Waals surface area contributed by atoms with E-state index in [1.807, 2.05) is 30.3 Å². The molecule has 7 heteroatoms. The van der Waals surface area contributed by atoms with E-state index >= 15 is 0 Å². The Morgan fingerprint density at radius 2 is 1.81 bits per heavy atom. The number of benzene rings is 1. The fourth-order valence-corrected chi connectivity index (χ4v) is 4.76. The van der Waals surface area contributed by atoms with Gasteiger partial charge >= 0.3 is 0 Å². The molecule has 0 radical (unpaired) electrons. The van der Waals surface area contributed by atoms with Gasteiger partial charge in [0.2, 0.25) is 11.9 Å². The highest BCUT2D eigenvalue weighted by atomic mass is 32.2. The lowest BCUT2D eigenvalue weighted by molar-refractivity contribution is -0.120. The summed E-state index contributed by atoms with van der Waals surface area (Å²) >= 11 is 1.54. The molecular formula is C20H25N5OS. The maximum Gasteiger partial charge on any atom is 0.238 e. The number of carbonyl (C=O) groups excluding carboxylic acids is 1. The van der Waals surface area contributed by atoms with Crippen LogP contribution in [0, 0.1) is 0 Å². The zero-order valence-electron chi connectivity index (χ0n) is 15.4. The summed E-state index contributed by atoms with van der Waals surface area (Å²) in [4.78, 5) is 15.3. The molecule has 0 bridgehead atoms. The summed E-state index contributed by atoms with van der Waals surface area (Å²) in [5.41, 5.74) is 1.02. The lowest BCUT2D eigenvalue weighted by Gasteiger charge is -2.20. The van der Waals surface area contributed by atoms with E-state index in [1.54, 1.807) is 11.8 Å². The summed E-state index contributed by atoms with van der Waals surface area (Å²) in [6.45, 7) is 2.11. The molecule has 1 saturated heterocycles. The monoisotopic (exact) mass is 383 g/mol. The predicted molar refractivity (Wildman–Crippen MR) is 106 cm³/mol. The fourth-order valence-electron chi connectivity index (χ4n) is 3.65. The molecule has 1 unspecified atom stereocenters. The zero-order chi connectivity index (χ0) is 18.2. The molecule has 2 aromatic rings. The largest absolute Gasteiger partial charge is 0.352 e. The van der Waals surface area contributed by atoms with Crippen molar-refractivity contribution in [3.05, 3.63) is 35.9 Å². The van der Waals surface area contributed by atoms with Gasteiger partial charge in [0.05, 0.1) is 0 Å². The fraction of sp³-hybridized carbons (Fsp3) is 0.550. The molecule has 1 N–H and O–H groups in total. The number of nitrogens with zero attached hydrogens (tertiary/aromatic N) is 4. The van der Waals surface area contributed by atoms with Crippen LogP contribution >= 0.6 is 11.8 Å². The van der Waals surface area contributed by atoms with Crippen LogP contribution in [0.3, 0.4) is 0 Å². The summed E-state index contributed by atoms with van der Waals surface area (Å²) in [7, 11) is 0. The molecule has 142 valence electrons. The van der Waals surface area contributed by atoms with E-state index in [1.165, 1.54) is 25.7 Å². The standard InChI is InChI=1S/C20H25N5OS/c26-18(21-15-8-9-15)17(14-6-2-1-3-7-14)27-20-23-22-19(24-12-4-5-13-24)25(20)16-10-11-16/h1-3,6-7,15-17H,4-5,8-13H2,(H,21,26). The Balaban J connectivity index is 1.44. The van der Waals surface area contributed by atoms with Gasteiger partial charge in [-0.05, 0) is 44.1 Å². The van der Waals surface area contributed by atoms with Crippen molar-refractivity contribution in [3.8, 4) is 0 Å². The number of aromatic nitrogens is 3. The molecule has 5 rings (SSSR count). The Bertz CT molecular complexity index is 809. The van der Waals surface area contributed by atoms with Crippen molar-refractivity contribution in [3.63, 3.8) is 0 Å². The molecular weight excluding hydrogens is 358 g/mol. The first-order chi connectivity index (χ1) is 13.3. The summed E-state index contributed by atoms with van der Waals surface area (Å²) in [6, 6.07) is 10.9. The molecule has 27 heavy (non-hydrogen) atoms. The minimum absolute atomic E-state index is 0.0850. The van der Waals surface area contributed by atoms with Crippen LogP contribution in [-0.2, 0) is 4.79 Å². The smallest absolute Gasteiger partial charge is 0.238 e. The molecule has 2 heterocycles. The molecule has 2 saturated carbocycles. The summed E-state index contributed by atoms with van der Waals surface area (Å²) < 4.78 is 2.29. The van der Waals surface area contributed by atoms with Gasteiger partial charge in [-0.25, -0.2) is 0 Å². The Kier molecular flexibility index (Phi) is 4.55. The van der Waals surface area contributed by atoms with Gasteiger partial charge in [-0.15, -0.1) is 10.2 Å². The van der Waals surface area contributed by atoms with Crippen molar-refractivity contribution in [1.29, 1.82) is 0 Å². The first-order valence-corrected chi connectivity index (χ1v) is 10.9. The van der Waals surface area contributed by atoms with Gasteiger partial charge in [0.1, 0.15) is 5.25 Å². The topological polar surface area (TPSA) is 63.1 Å². The van der Waals surface area contributed by atoms with Gasteiger partial charge in [-0.2, -0.15) is 0 Å². The summed E-state index contributed by atoms with van der Waals surface area (Å²) in [5.74, 6) is 1.08. The van der Waals surface area contributed by atoms with Gasteiger partial charge in [0.15, 0.2) is 5.16 Å². The van der Waals surface area contributed by atoms with Crippen LogP contribution in [0.4, 0.5) is 5.95 Å². The molecule has 1 aromatic heterocycles. The number of nitrogens with one attached hydrogen (secondary N) is 1. The molecule has 1 amide bonds. The highest BCUT2D eigenvalue weighted by Crippen LogP contribution is 2.44. The molecule has 1 aromatic carbocycles. The first kappa shape index (κ1) is 17.1. The average molecular weight is 384 g/mol. The van der Waals surface area contributed by atoms with Crippen molar-refractivity contribution in [2.24, 2.45) is 0 Å². The van der Waals surface area contributed by atoms with Gasteiger partial charge in [-0.3, -0.25) is 9.36 Å². The van der Waals surface area contributed by atoms with E-state index in [4.69, 9.17) is 0 Å². The lowest BCUT2D eigenvalue weighted by Crippen LogP contribution is -2.30. The third-order valence-corrected chi connectivity index (χ3v) is 6.65. The third-order valence-electron chi connectivity index (χ3n) is 5.43. The van der Waals surface area contributed by atoms with Gasteiger partial charge in [-0.1, -0.05) is 42.1 Å². The van der Waals surface area contributed by atoms with Gasteiger partial charge in [0, 0.05) is 25.2 Å². The van der Waals surface area contributed by atoms with E-state index in [2.05, 4.69) is 25.0 Å². The summed E-state index contributed by atoms with van der Waals surface area (Å²) in [5, 5.41) is 12.8. The third kappa shape index (κ3) is 3.70. The van der Waals surface area contributed by atoms with Crippen LogP contribution in [0.25, 0.3) is 0 Å². The minimum Gasteiger partial charge on any atom is -0.352 e. The van der Waals surface area contributed by atoms with Crippen molar-refractivity contribution in [1.82, 2.24) is 20.1 Å². The molecule has 2 aliphatic carbocycles. The Labute approximate surface area is 163 Å². The second-order valence-electron chi connectivity index (χ2n) is 7.77. The second-order valence-corrected chi connectivity index (χ2v) is 8.84. The Morgan fingerprint density at radius 1 is 1.07 bits per heavy atom. The normalized spacial score (nSPS) is 20.7. The highest BCUT2D eigenvalue weighted by molar-refractivity contribution is 8.00. The molecule has 1 aliphatic heterocycles. The molecule has 3 fully saturated rings. The highest BCUT2D eigenvalue weighted by Gasteiger charge is 2.35. The van der Waals surface area contributed by atoms with E-state index in [-0.39, 0.29) is 11.2 Å². The molecule has 0 spiro atoms. The van der Waals surface area contributed by atoms with Crippen molar-refractivity contribution >= 4 is 23.6 Å². The zero-order valence-corrected chi connectivity index (χ0v) is 16.2. The number of anilines is 1. The maximum atomic E-state index is 13.0. The molecule has 1 atom stereocenters. The Morgan fingerprint density at radius 3 is 2.48 bits per heavy atom. The SMILES string of the molecule is O=C(NC1CC1)C(Sc1nnc(N2CCCC2)n1C1CC1)c1ccccc1. The van der Waals surface area contributed by atoms with Crippen molar-refractivity contribution in [2.75, 3.05) is 18.0 Å². The second kappa shape index (κ2) is 7.19. The number of carbonyl (C=O) groups is 1. The van der Waals surface area contributed by atoms with E-state index in [9.17, 15) is 4.79 Å². The maximum absolute atomic E-state index is 13.0. The predicted octanol–water partition coefficient (Wildman–Crippen LogP) is 3.33. The lowest BCUT2D eigenvalue weighted by atomic mass is 10.1. The Hall–Kier alpha value is -2.02. The van der Waals surface area contributed by atoms with Crippen molar-refractivity contribution < 1.29 is 4.79 Å². The van der Waals surface area contributed by atoms with E-state index in [0.717, 1.165) is 42.6 Å². The average Bonchev–Trinajstić information content (AvgIpc) is 3.60. The first-order valence-electron chi connectivity index (χ1n) is 10.0. The number of hydrogen-bond donors (Lipinski definition) is 1. The van der Waals surface area contributed by atoms with Crippen LogP contribution in [-0.4, -0.2) is 39.8 Å². The van der Waals surface area contributed by atoms with Gasteiger partial charge < -0.3 is 10.2 Å². The van der Waals surface area contributed by atoms with Crippen LogP contribution < -0.4 is 10.2 Å². The molecule has 3 aliphatic rings.